The van der Waals surface area contributed by atoms with Crippen molar-refractivity contribution < 1.29 is 0 Å². The van der Waals surface area contributed by atoms with Crippen molar-refractivity contribution in [2.75, 3.05) is 0 Å². The first-order valence-corrected chi connectivity index (χ1v) is 7.12. The predicted octanol–water partition coefficient (Wildman–Crippen LogP) is 4.23. The van der Waals surface area contributed by atoms with Crippen LogP contribution in [0.4, 0.5) is 0 Å². The minimum absolute atomic E-state index is 0.209. The molecule has 0 heterocycles. The third kappa shape index (κ3) is 4.89. The molecule has 0 aliphatic heterocycles. The number of hydrogen-bond donors (Lipinski definition) is 1. The molecule has 1 aromatic rings. The van der Waals surface area contributed by atoms with Crippen LogP contribution in [0.3, 0.4) is 0 Å². The average molecular weight is 302 g/mol. The maximum atomic E-state index is 5.87. The van der Waals surface area contributed by atoms with Crippen LogP contribution in [0.15, 0.2) is 27.6 Å². The van der Waals surface area contributed by atoms with Gasteiger partial charge in [0.2, 0.25) is 0 Å². The van der Waals surface area contributed by atoms with Crippen molar-refractivity contribution in [3.05, 3.63) is 28.2 Å². The molecule has 0 radical (unpaired) electrons. The number of rotatable bonds is 3. The molecule has 1 nitrogen and oxygen atoms in total. The summed E-state index contributed by atoms with van der Waals surface area (Å²) in [6.07, 6.45) is 0.936. The SMILES string of the molecule is CC(N)Cc1ccc(Br)cc1SC(C)(C)C. The summed E-state index contributed by atoms with van der Waals surface area (Å²) in [5, 5.41) is 0. The van der Waals surface area contributed by atoms with Gasteiger partial charge >= 0.3 is 0 Å². The van der Waals surface area contributed by atoms with Crippen molar-refractivity contribution in [3.63, 3.8) is 0 Å². The zero-order valence-electron chi connectivity index (χ0n) is 10.4. The molecule has 0 aliphatic rings. The second-order valence-corrected chi connectivity index (χ2v) is 7.93. The molecule has 0 amide bonds. The summed E-state index contributed by atoms with van der Waals surface area (Å²) < 4.78 is 1.36. The van der Waals surface area contributed by atoms with Gasteiger partial charge in [0.15, 0.2) is 0 Å². The lowest BCUT2D eigenvalue weighted by atomic mass is 10.1. The molecular formula is C13H20BrNS. The van der Waals surface area contributed by atoms with Crippen LogP contribution in [-0.2, 0) is 6.42 Å². The molecule has 1 unspecified atom stereocenters. The Hall–Kier alpha value is 0.01000. The van der Waals surface area contributed by atoms with Gasteiger partial charge in [-0.15, -0.1) is 11.8 Å². The number of benzene rings is 1. The largest absolute Gasteiger partial charge is 0.328 e. The molecule has 1 atom stereocenters. The van der Waals surface area contributed by atoms with E-state index in [0.717, 1.165) is 10.9 Å². The minimum Gasteiger partial charge on any atom is -0.328 e. The third-order valence-corrected chi connectivity index (χ3v) is 3.69. The Morgan fingerprint density at radius 2 is 2.00 bits per heavy atom. The van der Waals surface area contributed by atoms with E-state index in [1.807, 2.05) is 18.7 Å². The smallest absolute Gasteiger partial charge is 0.0186 e. The second-order valence-electron chi connectivity index (χ2n) is 5.15. The summed E-state index contributed by atoms with van der Waals surface area (Å²) in [6, 6.07) is 6.65. The van der Waals surface area contributed by atoms with E-state index in [0.29, 0.717) is 0 Å². The van der Waals surface area contributed by atoms with E-state index in [-0.39, 0.29) is 10.8 Å². The number of hydrogen-bond acceptors (Lipinski definition) is 2. The van der Waals surface area contributed by atoms with Crippen molar-refractivity contribution in [3.8, 4) is 0 Å². The molecule has 2 N–H and O–H groups in total. The zero-order valence-corrected chi connectivity index (χ0v) is 12.8. The fourth-order valence-electron chi connectivity index (χ4n) is 1.47. The lowest BCUT2D eigenvalue weighted by Gasteiger charge is -2.20. The van der Waals surface area contributed by atoms with Gasteiger partial charge < -0.3 is 5.73 Å². The van der Waals surface area contributed by atoms with E-state index in [2.05, 4.69) is 54.9 Å². The van der Waals surface area contributed by atoms with Crippen LogP contribution in [0.1, 0.15) is 33.3 Å². The molecule has 0 saturated carbocycles. The van der Waals surface area contributed by atoms with Crippen molar-refractivity contribution >= 4 is 27.7 Å². The summed E-state index contributed by atoms with van der Waals surface area (Å²) in [6.45, 7) is 8.74. The molecule has 0 saturated heterocycles. The highest BCUT2D eigenvalue weighted by Gasteiger charge is 2.15. The average Bonchev–Trinajstić information content (AvgIpc) is 2.06. The summed E-state index contributed by atoms with van der Waals surface area (Å²) in [4.78, 5) is 1.33. The fraction of sp³-hybridized carbons (Fsp3) is 0.538. The summed E-state index contributed by atoms with van der Waals surface area (Å²) in [5.74, 6) is 0. The normalized spacial score (nSPS) is 13.9. The molecule has 0 spiro atoms. The van der Waals surface area contributed by atoms with Gasteiger partial charge in [0, 0.05) is 20.2 Å². The van der Waals surface area contributed by atoms with Gasteiger partial charge in [-0.25, -0.2) is 0 Å². The van der Waals surface area contributed by atoms with Crippen LogP contribution in [0.25, 0.3) is 0 Å². The molecule has 0 aliphatic carbocycles. The van der Waals surface area contributed by atoms with Gasteiger partial charge in [-0.05, 0) is 31.0 Å². The minimum atomic E-state index is 0.209. The Morgan fingerprint density at radius 3 is 2.50 bits per heavy atom. The summed E-state index contributed by atoms with van der Waals surface area (Å²) in [5.41, 5.74) is 7.22. The maximum Gasteiger partial charge on any atom is 0.0186 e. The standard InChI is InChI=1S/C13H20BrNS/c1-9(15)7-10-5-6-11(14)8-12(10)16-13(2,3)4/h5-6,8-9H,7,15H2,1-4H3. The van der Waals surface area contributed by atoms with Crippen molar-refractivity contribution in [1.82, 2.24) is 0 Å². The Labute approximate surface area is 111 Å². The monoisotopic (exact) mass is 301 g/mol. The highest BCUT2D eigenvalue weighted by molar-refractivity contribution is 9.10. The number of halogens is 1. The van der Waals surface area contributed by atoms with Crippen LogP contribution in [0.5, 0.6) is 0 Å². The summed E-state index contributed by atoms with van der Waals surface area (Å²) in [7, 11) is 0. The highest BCUT2D eigenvalue weighted by atomic mass is 79.9. The van der Waals surface area contributed by atoms with Crippen molar-refractivity contribution in [2.24, 2.45) is 5.73 Å². The number of thioether (sulfide) groups is 1. The molecule has 16 heavy (non-hydrogen) atoms. The first-order valence-electron chi connectivity index (χ1n) is 5.51. The molecule has 3 heteroatoms. The third-order valence-electron chi connectivity index (χ3n) is 1.99. The predicted molar refractivity (Wildman–Crippen MR) is 77.1 cm³/mol. The lowest BCUT2D eigenvalue weighted by molar-refractivity contribution is 0.727. The van der Waals surface area contributed by atoms with E-state index in [1.165, 1.54) is 10.5 Å². The first-order chi connectivity index (χ1) is 7.28. The van der Waals surface area contributed by atoms with Crippen LogP contribution in [0, 0.1) is 0 Å². The second kappa shape index (κ2) is 5.56. The fourth-order valence-corrected chi connectivity index (χ4v) is 3.11. The van der Waals surface area contributed by atoms with Crippen LogP contribution in [-0.4, -0.2) is 10.8 Å². The zero-order chi connectivity index (χ0) is 12.3. The van der Waals surface area contributed by atoms with Gasteiger partial charge in [-0.1, -0.05) is 42.8 Å². The van der Waals surface area contributed by atoms with Gasteiger partial charge in [-0.3, -0.25) is 0 Å². The first kappa shape index (κ1) is 14.1. The van der Waals surface area contributed by atoms with Crippen molar-refractivity contribution in [1.29, 1.82) is 0 Å². The van der Waals surface area contributed by atoms with Gasteiger partial charge in [0.05, 0.1) is 0 Å². The molecule has 90 valence electrons. The Bertz CT molecular complexity index is 355. The Morgan fingerprint density at radius 1 is 1.38 bits per heavy atom. The highest BCUT2D eigenvalue weighted by Crippen LogP contribution is 2.36. The van der Waals surface area contributed by atoms with E-state index >= 15 is 0 Å². The Balaban J connectivity index is 2.98. The van der Waals surface area contributed by atoms with Crippen LogP contribution < -0.4 is 5.73 Å². The molecule has 1 aromatic carbocycles. The Kier molecular flexibility index (Phi) is 4.89. The maximum absolute atomic E-state index is 5.87. The number of nitrogens with two attached hydrogens (primary N) is 1. The molecule has 0 bridgehead atoms. The molecule has 0 fully saturated rings. The van der Waals surface area contributed by atoms with Gasteiger partial charge in [0.1, 0.15) is 0 Å². The lowest BCUT2D eigenvalue weighted by Crippen LogP contribution is -2.18. The quantitative estimate of drug-likeness (QED) is 0.846. The van der Waals surface area contributed by atoms with E-state index in [1.54, 1.807) is 0 Å². The molecule has 1 rings (SSSR count). The van der Waals surface area contributed by atoms with E-state index < -0.39 is 0 Å². The van der Waals surface area contributed by atoms with Gasteiger partial charge in [0.25, 0.3) is 0 Å². The molecular weight excluding hydrogens is 282 g/mol. The molecule has 0 aromatic heterocycles. The topological polar surface area (TPSA) is 26.0 Å². The van der Waals surface area contributed by atoms with E-state index in [9.17, 15) is 0 Å². The summed E-state index contributed by atoms with van der Waals surface area (Å²) >= 11 is 5.42. The van der Waals surface area contributed by atoms with E-state index in [4.69, 9.17) is 5.73 Å². The van der Waals surface area contributed by atoms with Crippen LogP contribution in [0.2, 0.25) is 0 Å². The van der Waals surface area contributed by atoms with Crippen molar-refractivity contribution in [2.45, 2.75) is 49.8 Å². The van der Waals surface area contributed by atoms with Crippen LogP contribution >= 0.6 is 27.7 Å². The van der Waals surface area contributed by atoms with Gasteiger partial charge in [-0.2, -0.15) is 0 Å².